The molecule has 122 valence electrons. The Morgan fingerprint density at radius 3 is 2.19 bits per heavy atom. The number of rotatable bonds is 3. The van der Waals surface area contributed by atoms with E-state index in [2.05, 4.69) is 0 Å². The van der Waals surface area contributed by atoms with Gasteiger partial charge in [0.05, 0.1) is 12.0 Å². The second-order valence-corrected chi connectivity index (χ2v) is 6.49. The summed E-state index contributed by atoms with van der Waals surface area (Å²) in [6.07, 6.45) is 2.44. The van der Waals surface area contributed by atoms with Gasteiger partial charge in [-0.2, -0.15) is 13.2 Å². The van der Waals surface area contributed by atoms with E-state index >= 15 is 0 Å². The smallest absolute Gasteiger partial charge is 0.341 e. The number of piperidine rings is 1. The molecule has 0 aromatic carbocycles. The lowest BCUT2D eigenvalue weighted by atomic mass is 9.84. The zero-order valence-electron chi connectivity index (χ0n) is 12.4. The SMILES string of the molecule is NC(CC1CCCCC1)C(=O)N1CCC(C(F)(F)F)CC1. The molecule has 1 atom stereocenters. The lowest BCUT2D eigenvalue weighted by Gasteiger charge is -2.35. The maximum atomic E-state index is 12.6. The van der Waals surface area contributed by atoms with Crippen LogP contribution in [0.5, 0.6) is 0 Å². The molecule has 1 heterocycles. The summed E-state index contributed by atoms with van der Waals surface area (Å²) in [5.41, 5.74) is 5.99. The maximum Gasteiger partial charge on any atom is 0.391 e. The molecular formula is C15H25F3N2O. The molecule has 1 saturated heterocycles. The normalized spacial score (nSPS) is 24.1. The van der Waals surface area contributed by atoms with Crippen LogP contribution in [0.15, 0.2) is 0 Å². The standard InChI is InChI=1S/C15H25F3N2O/c16-15(17,18)12-6-8-20(9-7-12)14(21)13(19)10-11-4-2-1-3-5-11/h11-13H,1-10,19H2. The van der Waals surface area contributed by atoms with E-state index in [1.54, 1.807) is 0 Å². The van der Waals surface area contributed by atoms with Crippen LogP contribution in [0.1, 0.15) is 51.4 Å². The number of nitrogens with zero attached hydrogens (tertiary/aromatic N) is 1. The number of halogens is 3. The van der Waals surface area contributed by atoms with Crippen LogP contribution in [0.25, 0.3) is 0 Å². The summed E-state index contributed by atoms with van der Waals surface area (Å²) in [4.78, 5) is 13.8. The molecule has 2 fully saturated rings. The molecule has 1 unspecified atom stereocenters. The van der Waals surface area contributed by atoms with Gasteiger partial charge in [-0.25, -0.2) is 0 Å². The number of alkyl halides is 3. The molecule has 1 aliphatic carbocycles. The molecule has 0 radical (unpaired) electrons. The molecule has 1 aliphatic heterocycles. The van der Waals surface area contributed by atoms with Gasteiger partial charge in [0.15, 0.2) is 0 Å². The van der Waals surface area contributed by atoms with E-state index in [1.807, 2.05) is 0 Å². The van der Waals surface area contributed by atoms with Crippen molar-refractivity contribution in [2.75, 3.05) is 13.1 Å². The molecule has 0 aromatic heterocycles. The molecule has 1 amide bonds. The van der Waals surface area contributed by atoms with Crippen LogP contribution >= 0.6 is 0 Å². The third-order valence-corrected chi connectivity index (χ3v) is 4.90. The van der Waals surface area contributed by atoms with E-state index in [1.165, 1.54) is 24.2 Å². The number of carbonyl (C=O) groups excluding carboxylic acids is 1. The predicted molar refractivity (Wildman–Crippen MR) is 74.5 cm³/mol. The maximum absolute atomic E-state index is 12.6. The minimum absolute atomic E-state index is 0.00535. The van der Waals surface area contributed by atoms with Gasteiger partial charge in [-0.3, -0.25) is 4.79 Å². The Kier molecular flexibility index (Phi) is 5.52. The second-order valence-electron chi connectivity index (χ2n) is 6.49. The second kappa shape index (κ2) is 6.99. The lowest BCUT2D eigenvalue weighted by Crippen LogP contribution is -2.49. The van der Waals surface area contributed by atoms with Crippen LogP contribution in [0.3, 0.4) is 0 Å². The number of likely N-dealkylation sites (tertiary alicyclic amines) is 1. The summed E-state index contributed by atoms with van der Waals surface area (Å²) >= 11 is 0. The molecule has 0 bridgehead atoms. The van der Waals surface area contributed by atoms with Crippen LogP contribution in [-0.4, -0.2) is 36.1 Å². The average Bonchev–Trinajstić information content (AvgIpc) is 2.46. The third kappa shape index (κ3) is 4.59. The summed E-state index contributed by atoms with van der Waals surface area (Å²) in [6.45, 7) is 0.364. The molecule has 21 heavy (non-hydrogen) atoms. The van der Waals surface area contributed by atoms with E-state index in [0.717, 1.165) is 12.8 Å². The number of carbonyl (C=O) groups is 1. The van der Waals surface area contributed by atoms with Crippen LogP contribution in [0, 0.1) is 11.8 Å². The van der Waals surface area contributed by atoms with Crippen LogP contribution in [0.4, 0.5) is 13.2 Å². The van der Waals surface area contributed by atoms with Gasteiger partial charge in [0.1, 0.15) is 0 Å². The molecular weight excluding hydrogens is 281 g/mol. The third-order valence-electron chi connectivity index (χ3n) is 4.90. The lowest BCUT2D eigenvalue weighted by molar-refractivity contribution is -0.186. The summed E-state index contributed by atoms with van der Waals surface area (Å²) < 4.78 is 37.8. The highest BCUT2D eigenvalue weighted by molar-refractivity contribution is 5.81. The summed E-state index contributed by atoms with van der Waals surface area (Å²) in [6, 6.07) is -0.546. The van der Waals surface area contributed by atoms with Crippen molar-refractivity contribution in [1.82, 2.24) is 4.90 Å². The van der Waals surface area contributed by atoms with Gasteiger partial charge < -0.3 is 10.6 Å². The van der Waals surface area contributed by atoms with Gasteiger partial charge in [0, 0.05) is 13.1 Å². The van der Waals surface area contributed by atoms with Gasteiger partial charge in [0.25, 0.3) is 0 Å². The fourth-order valence-electron chi connectivity index (χ4n) is 3.54. The largest absolute Gasteiger partial charge is 0.391 e. The van der Waals surface area contributed by atoms with E-state index in [0.29, 0.717) is 12.3 Å². The van der Waals surface area contributed by atoms with E-state index in [-0.39, 0.29) is 31.8 Å². The van der Waals surface area contributed by atoms with Crippen molar-refractivity contribution in [2.24, 2.45) is 17.6 Å². The monoisotopic (exact) mass is 306 g/mol. The van der Waals surface area contributed by atoms with Crippen molar-refractivity contribution in [3.63, 3.8) is 0 Å². The first-order valence-corrected chi connectivity index (χ1v) is 7.99. The summed E-state index contributed by atoms with van der Waals surface area (Å²) in [5.74, 6) is -0.928. The quantitative estimate of drug-likeness (QED) is 0.871. The Hall–Kier alpha value is -0.780. The van der Waals surface area contributed by atoms with Crippen molar-refractivity contribution in [2.45, 2.75) is 63.6 Å². The van der Waals surface area contributed by atoms with Crippen LogP contribution < -0.4 is 5.73 Å². The van der Waals surface area contributed by atoms with Gasteiger partial charge in [-0.05, 0) is 25.2 Å². The minimum Gasteiger partial charge on any atom is -0.341 e. The molecule has 2 aliphatic rings. The van der Waals surface area contributed by atoms with E-state index in [4.69, 9.17) is 5.73 Å². The van der Waals surface area contributed by atoms with E-state index in [9.17, 15) is 18.0 Å². The average molecular weight is 306 g/mol. The highest BCUT2D eigenvalue weighted by Gasteiger charge is 2.42. The first kappa shape index (κ1) is 16.6. The summed E-state index contributed by atoms with van der Waals surface area (Å²) in [5, 5.41) is 0. The van der Waals surface area contributed by atoms with Crippen LogP contribution in [-0.2, 0) is 4.79 Å². The minimum atomic E-state index is -4.14. The first-order valence-electron chi connectivity index (χ1n) is 7.99. The Bertz CT molecular complexity index is 345. The number of hydrogen-bond donors (Lipinski definition) is 1. The fraction of sp³-hybridized carbons (Fsp3) is 0.933. The van der Waals surface area contributed by atoms with Gasteiger partial charge in [-0.1, -0.05) is 32.1 Å². The van der Waals surface area contributed by atoms with Crippen LogP contribution in [0.2, 0.25) is 0 Å². The number of nitrogens with two attached hydrogens (primary N) is 1. The zero-order valence-corrected chi connectivity index (χ0v) is 12.4. The molecule has 2 N–H and O–H groups in total. The van der Waals surface area contributed by atoms with Gasteiger partial charge in [0.2, 0.25) is 5.91 Å². The zero-order chi connectivity index (χ0) is 15.5. The summed E-state index contributed by atoms with van der Waals surface area (Å²) in [7, 11) is 0. The van der Waals surface area contributed by atoms with Gasteiger partial charge in [-0.15, -0.1) is 0 Å². The Morgan fingerprint density at radius 2 is 1.67 bits per heavy atom. The topological polar surface area (TPSA) is 46.3 Å². The highest BCUT2D eigenvalue weighted by Crippen LogP contribution is 2.34. The Labute approximate surface area is 124 Å². The van der Waals surface area contributed by atoms with Crippen molar-refractivity contribution in [3.05, 3.63) is 0 Å². The molecule has 0 aromatic rings. The Balaban J connectivity index is 1.78. The van der Waals surface area contributed by atoms with Crippen molar-refractivity contribution in [3.8, 4) is 0 Å². The highest BCUT2D eigenvalue weighted by atomic mass is 19.4. The number of hydrogen-bond acceptors (Lipinski definition) is 2. The fourth-order valence-corrected chi connectivity index (χ4v) is 3.54. The number of amides is 1. The molecule has 1 saturated carbocycles. The molecule has 6 heteroatoms. The Morgan fingerprint density at radius 1 is 1.10 bits per heavy atom. The first-order chi connectivity index (χ1) is 9.88. The van der Waals surface area contributed by atoms with E-state index < -0.39 is 18.1 Å². The molecule has 2 rings (SSSR count). The van der Waals surface area contributed by atoms with Crippen molar-refractivity contribution >= 4 is 5.91 Å². The molecule has 0 spiro atoms. The van der Waals surface area contributed by atoms with Gasteiger partial charge >= 0.3 is 6.18 Å². The predicted octanol–water partition coefficient (Wildman–Crippen LogP) is 3.09. The molecule has 3 nitrogen and oxygen atoms in total. The van der Waals surface area contributed by atoms with Crippen molar-refractivity contribution < 1.29 is 18.0 Å². The van der Waals surface area contributed by atoms with Crippen molar-refractivity contribution in [1.29, 1.82) is 0 Å².